The van der Waals surface area contributed by atoms with Crippen LogP contribution in [0.25, 0.3) is 0 Å². The number of quaternary nitrogens is 2. The average Bonchev–Trinajstić information content (AvgIpc) is 1.98. The Morgan fingerprint density at radius 3 is 1.94 bits per heavy atom. The third-order valence-corrected chi connectivity index (χ3v) is 2.37. The van der Waals surface area contributed by atoms with Crippen LogP contribution in [0, 0.1) is 15.0 Å². The van der Waals surface area contributed by atoms with Crippen molar-refractivity contribution in [3.8, 4) is 0 Å². The summed E-state index contributed by atoms with van der Waals surface area (Å²) in [7, 11) is -5.16. The normalized spacial score (nSPS) is 12.9. The van der Waals surface area contributed by atoms with Crippen LogP contribution in [-0.2, 0) is 18.1 Å². The maximum Gasteiger partial charge on any atom is 1.05 e. The Kier molecular flexibility index (Phi) is 5.41. The molecule has 0 spiro atoms. The van der Waals surface area contributed by atoms with E-state index < -0.39 is 24.6 Å². The van der Waals surface area contributed by atoms with Gasteiger partial charge >= 0.3 is 19.2 Å². The zero-order valence-electron chi connectivity index (χ0n) is 7.12. The maximum atomic E-state index is 10.1. The van der Waals surface area contributed by atoms with Crippen LogP contribution in [0.4, 0.5) is 0 Å². The van der Waals surface area contributed by atoms with E-state index in [1.54, 1.807) is 0 Å². The third kappa shape index (κ3) is 5.28. The van der Waals surface area contributed by atoms with Crippen molar-refractivity contribution < 1.29 is 60.1 Å². The Hall–Kier alpha value is -1.66. The first kappa shape index (κ1) is 14.3. The highest BCUT2D eigenvalue weighted by atomic mass is 28.4. The molecule has 0 saturated carbocycles. The first-order chi connectivity index (χ1) is 7.31. The summed E-state index contributed by atoms with van der Waals surface area (Å²) in [5, 5.41) is 37.8. The second-order valence-electron chi connectivity index (χ2n) is 1.75. The topological polar surface area (TPSA) is 202 Å². The van der Waals surface area contributed by atoms with Gasteiger partial charge in [0.15, 0.2) is 0 Å². The number of rotatable bonds is 8. The van der Waals surface area contributed by atoms with Crippen molar-refractivity contribution in [3.63, 3.8) is 0 Å². The number of nitrogens with zero attached hydrogens (tertiary/aromatic N) is 2. The molecule has 0 aliphatic carbocycles. The molecule has 0 aromatic heterocycles. The minimum atomic E-state index is -5.16. The van der Waals surface area contributed by atoms with Gasteiger partial charge in [-0.3, -0.25) is 0 Å². The Balaban J connectivity index is 4.86. The third-order valence-electron chi connectivity index (χ3n) is 0.789. The van der Waals surface area contributed by atoms with Gasteiger partial charge in [-0.05, 0) is 0 Å². The first-order valence-corrected chi connectivity index (χ1v) is 4.71. The molecule has 1 unspecified atom stereocenters. The van der Waals surface area contributed by atoms with Crippen LogP contribution in [0.1, 0.15) is 0 Å². The van der Waals surface area contributed by atoms with E-state index in [1.165, 1.54) is 0 Å². The molecule has 16 heavy (non-hydrogen) atoms. The number of hydrogen-bond acceptors (Lipinski definition) is 9. The largest absolute Gasteiger partial charge is 1.05 e. The molecule has 15 nitrogen and oxygen atoms in total. The first-order valence-electron chi connectivity index (χ1n) is 3.07. The molecule has 0 bridgehead atoms. The van der Waals surface area contributed by atoms with Crippen molar-refractivity contribution in [1.29, 1.82) is 0 Å². The van der Waals surface area contributed by atoms with Crippen molar-refractivity contribution in [1.82, 2.24) is 0 Å². The van der Waals surface area contributed by atoms with Gasteiger partial charge in [0.05, 0.1) is 0 Å². The Bertz CT molecular complexity index is 234. The number of nitrogens with one attached hydrogen (secondary N) is 1. The van der Waals surface area contributed by atoms with Crippen LogP contribution in [0.2, 0.25) is 0 Å². The molecule has 94 valence electrons. The van der Waals surface area contributed by atoms with E-state index in [1.807, 2.05) is 0 Å². The van der Waals surface area contributed by atoms with Gasteiger partial charge < -0.3 is 5.21 Å². The van der Waals surface area contributed by atoms with Gasteiger partial charge in [-0.15, -0.1) is 9.05 Å². The SMILES string of the molecule is O=[N+](O)O[Si](O[NH2+]O)(O[N+](=O)O)O[NH+]([O-])O. The summed E-state index contributed by atoms with van der Waals surface area (Å²) in [6, 6.07) is 0. The Morgan fingerprint density at radius 1 is 1.25 bits per heavy atom. The molecular weight excluding hydrogens is 260 g/mol. The second-order valence-corrected chi connectivity index (χ2v) is 3.55. The van der Waals surface area contributed by atoms with E-state index >= 15 is 0 Å². The fourth-order valence-corrected chi connectivity index (χ4v) is 1.45. The maximum absolute atomic E-state index is 10.1. The molecule has 0 rings (SSSR count). The van der Waals surface area contributed by atoms with Gasteiger partial charge in [0.25, 0.3) is 0 Å². The van der Waals surface area contributed by atoms with Crippen LogP contribution < -0.4 is 11.0 Å². The summed E-state index contributed by atoms with van der Waals surface area (Å²) in [6.07, 6.45) is 0. The smallest absolute Gasteiger partial charge is 0.567 e. The molecule has 0 aromatic rings. The molecular formula is H7N4O11Si+3. The lowest BCUT2D eigenvalue weighted by atomic mass is 13.0. The molecule has 0 radical (unpaired) electrons. The highest BCUT2D eigenvalue weighted by Gasteiger charge is 2.75. The van der Waals surface area contributed by atoms with Gasteiger partial charge in [0.1, 0.15) is 9.81 Å². The van der Waals surface area contributed by atoms with Gasteiger partial charge in [-0.1, -0.05) is 20.1 Å². The fourth-order valence-electron chi connectivity index (χ4n) is 0.484. The van der Waals surface area contributed by atoms with Crippen molar-refractivity contribution in [2.24, 2.45) is 0 Å². The van der Waals surface area contributed by atoms with E-state index in [4.69, 9.17) is 20.8 Å². The molecule has 0 aromatic carbocycles. The molecule has 0 heterocycles. The van der Waals surface area contributed by atoms with Crippen LogP contribution in [0.15, 0.2) is 0 Å². The molecule has 0 amide bonds. The highest BCUT2D eigenvalue weighted by Crippen LogP contribution is 2.05. The second kappa shape index (κ2) is 6.04. The van der Waals surface area contributed by atoms with E-state index in [9.17, 15) is 15.0 Å². The summed E-state index contributed by atoms with van der Waals surface area (Å²) >= 11 is 0. The molecule has 0 aliphatic rings. The molecule has 0 saturated heterocycles. The summed E-state index contributed by atoms with van der Waals surface area (Å²) in [5.41, 5.74) is -0.248. The highest BCUT2D eigenvalue weighted by molar-refractivity contribution is 6.51. The number of nitrogens with two attached hydrogens (primary N) is 1. The molecule has 0 fully saturated rings. The van der Waals surface area contributed by atoms with Gasteiger partial charge in [-0.2, -0.15) is 10.4 Å². The fraction of sp³-hybridized carbons (Fsp3) is 0. The lowest BCUT2D eigenvalue weighted by Crippen LogP contribution is -3.07. The summed E-state index contributed by atoms with van der Waals surface area (Å²) < 4.78 is 14.8. The van der Waals surface area contributed by atoms with Crippen molar-refractivity contribution in [2.75, 3.05) is 0 Å². The van der Waals surface area contributed by atoms with E-state index in [0.717, 1.165) is 0 Å². The quantitative estimate of drug-likeness (QED) is 0.182. The van der Waals surface area contributed by atoms with Gasteiger partial charge in [0.2, 0.25) is 0 Å². The lowest BCUT2D eigenvalue weighted by Gasteiger charge is -2.13. The zero-order valence-corrected chi connectivity index (χ0v) is 8.12. The Labute approximate surface area is 85.4 Å². The van der Waals surface area contributed by atoms with Crippen LogP contribution >= 0.6 is 0 Å². The van der Waals surface area contributed by atoms with Crippen molar-refractivity contribution in [2.45, 2.75) is 0 Å². The minimum absolute atomic E-state index is 0.248. The van der Waals surface area contributed by atoms with Crippen molar-refractivity contribution >= 4 is 9.05 Å². The van der Waals surface area contributed by atoms with Crippen LogP contribution in [0.3, 0.4) is 0 Å². The van der Waals surface area contributed by atoms with Gasteiger partial charge in [-0.25, -0.2) is 10.4 Å². The van der Waals surface area contributed by atoms with Crippen LogP contribution in [0.5, 0.6) is 0 Å². The van der Waals surface area contributed by atoms with Crippen LogP contribution in [-0.4, -0.2) is 40.1 Å². The molecule has 1 atom stereocenters. The summed E-state index contributed by atoms with van der Waals surface area (Å²) in [5.74, 6) is 0. The van der Waals surface area contributed by atoms with Crippen molar-refractivity contribution in [3.05, 3.63) is 15.0 Å². The van der Waals surface area contributed by atoms with E-state index in [0.29, 0.717) is 0 Å². The molecule has 16 heteroatoms. The lowest BCUT2D eigenvalue weighted by molar-refractivity contribution is -1.20. The predicted octanol–water partition coefficient (Wildman–Crippen LogP) is -4.79. The van der Waals surface area contributed by atoms with Gasteiger partial charge in [0, 0.05) is 0 Å². The molecule has 0 aliphatic heterocycles. The monoisotopic (exact) mass is 267 g/mol. The predicted molar refractivity (Wildman–Crippen MR) is 30.7 cm³/mol. The molecule has 7 N–H and O–H groups in total. The van der Waals surface area contributed by atoms with E-state index in [-0.39, 0.29) is 5.64 Å². The summed E-state index contributed by atoms with van der Waals surface area (Å²) in [4.78, 5) is 20.1. The Morgan fingerprint density at radius 2 is 1.69 bits per heavy atom. The zero-order chi connectivity index (χ0) is 12.8. The van der Waals surface area contributed by atoms with E-state index in [2.05, 4.69) is 18.1 Å². The standard InChI is InChI=1S/H7N4O11Si/c5-1-12-16(13-2(6)7,14-3(8)9)15-4(10)11/h2,5-6H,1H2,(H,8,9)(H,10,11)/q+3. The summed E-state index contributed by atoms with van der Waals surface area (Å²) in [6.45, 7) is 0. The average molecular weight is 267 g/mol. The minimum Gasteiger partial charge on any atom is -0.567 e. The number of hydrogen-bond donors (Lipinski definition) is 6.